The highest BCUT2D eigenvalue weighted by Crippen LogP contribution is 2.48. The van der Waals surface area contributed by atoms with Crippen LogP contribution in [0.15, 0.2) is 36.4 Å². The first-order valence-electron chi connectivity index (χ1n) is 15.6. The first-order chi connectivity index (χ1) is 20.6. The molecule has 1 spiro atoms. The second-order valence-corrected chi connectivity index (χ2v) is 15.4. The van der Waals surface area contributed by atoms with Crippen LogP contribution in [0.2, 0.25) is 5.02 Å². The molecule has 3 aliphatic carbocycles. The number of ether oxygens (including phenoxy) is 3. The minimum atomic E-state index is -3.57. The zero-order valence-corrected chi connectivity index (χ0v) is 26.7. The number of carbonyl (C=O) groups is 1. The number of hydrogen-bond donors (Lipinski definition) is 1. The molecule has 1 aliphatic heterocycles. The smallest absolute Gasteiger partial charge is 0.337 e. The maximum atomic E-state index is 12.6. The number of methoxy groups -OCH3 is 2. The average Bonchev–Trinajstić information content (AvgIpc) is 3.14. The number of esters is 1. The molecule has 2 saturated carbocycles. The Labute approximate surface area is 260 Å². The number of sulfonamides is 1. The quantitative estimate of drug-likeness (QED) is 0.403. The molecule has 0 aromatic heterocycles. The first-order valence-corrected chi connectivity index (χ1v) is 17.5. The largest absolute Gasteiger partial charge is 0.490 e. The molecule has 0 bridgehead atoms. The van der Waals surface area contributed by atoms with Gasteiger partial charge in [0, 0.05) is 30.6 Å². The van der Waals surface area contributed by atoms with Crippen LogP contribution in [0.4, 0.5) is 5.69 Å². The summed E-state index contributed by atoms with van der Waals surface area (Å²) in [6.45, 7) is 2.10. The highest BCUT2D eigenvalue weighted by atomic mass is 35.5. The van der Waals surface area contributed by atoms with Crippen molar-refractivity contribution in [3.8, 4) is 5.75 Å². The Kier molecular flexibility index (Phi) is 8.72. The van der Waals surface area contributed by atoms with Crippen LogP contribution < -0.4 is 14.8 Å². The third kappa shape index (κ3) is 6.02. The lowest BCUT2D eigenvalue weighted by Crippen LogP contribution is -2.51. The van der Waals surface area contributed by atoms with Crippen molar-refractivity contribution in [1.29, 1.82) is 0 Å². The molecular weight excluding hydrogens is 588 g/mol. The molecular formula is C33H43ClN2O6S. The van der Waals surface area contributed by atoms with E-state index in [1.54, 1.807) is 13.2 Å². The van der Waals surface area contributed by atoms with E-state index in [2.05, 4.69) is 17.0 Å². The van der Waals surface area contributed by atoms with Gasteiger partial charge in [0.1, 0.15) is 5.75 Å². The number of benzene rings is 2. The minimum absolute atomic E-state index is 0.0149. The van der Waals surface area contributed by atoms with Crippen LogP contribution in [0.3, 0.4) is 0 Å². The second-order valence-electron chi connectivity index (χ2n) is 13.1. The van der Waals surface area contributed by atoms with E-state index >= 15 is 0 Å². The highest BCUT2D eigenvalue weighted by Gasteiger charge is 2.46. The molecule has 43 heavy (non-hydrogen) atoms. The summed E-state index contributed by atoms with van der Waals surface area (Å²) in [5.41, 5.74) is 3.77. The molecule has 0 radical (unpaired) electrons. The number of rotatable bonds is 7. The zero-order chi connectivity index (χ0) is 30.4. The van der Waals surface area contributed by atoms with Gasteiger partial charge in [0.2, 0.25) is 10.0 Å². The Morgan fingerprint density at radius 3 is 2.70 bits per heavy atom. The van der Waals surface area contributed by atoms with Gasteiger partial charge in [-0.15, -0.1) is 0 Å². The molecule has 2 N–H and O–H groups in total. The van der Waals surface area contributed by atoms with E-state index in [0.717, 1.165) is 74.5 Å². The fourth-order valence-electron chi connectivity index (χ4n) is 8.39. The van der Waals surface area contributed by atoms with E-state index in [1.165, 1.54) is 18.2 Å². The fourth-order valence-corrected chi connectivity index (χ4v) is 9.60. The Bertz CT molecular complexity index is 1470. The lowest BCUT2D eigenvalue weighted by molar-refractivity contribution is -0.0588. The van der Waals surface area contributed by atoms with Crippen molar-refractivity contribution >= 4 is 33.3 Å². The van der Waals surface area contributed by atoms with Crippen LogP contribution >= 0.6 is 11.6 Å². The maximum absolute atomic E-state index is 12.6. The maximum Gasteiger partial charge on any atom is 0.337 e. The van der Waals surface area contributed by atoms with E-state index in [-0.39, 0.29) is 23.4 Å². The van der Waals surface area contributed by atoms with Gasteiger partial charge < -0.3 is 19.1 Å². The Hall–Kier alpha value is -2.33. The van der Waals surface area contributed by atoms with Gasteiger partial charge in [0.05, 0.1) is 36.3 Å². The van der Waals surface area contributed by atoms with E-state index in [4.69, 9.17) is 31.0 Å². The molecule has 1 heterocycles. The van der Waals surface area contributed by atoms with Crippen LogP contribution in [-0.2, 0) is 31.3 Å². The van der Waals surface area contributed by atoms with Crippen LogP contribution in [0.1, 0.15) is 72.9 Å². The van der Waals surface area contributed by atoms with Crippen molar-refractivity contribution in [2.24, 2.45) is 22.9 Å². The lowest BCUT2D eigenvalue weighted by Gasteiger charge is -2.48. The Morgan fingerprint density at radius 1 is 1.14 bits per heavy atom. The molecule has 2 aromatic rings. The van der Waals surface area contributed by atoms with Gasteiger partial charge in [-0.05, 0) is 111 Å². The van der Waals surface area contributed by atoms with E-state index in [9.17, 15) is 13.2 Å². The molecule has 8 nitrogen and oxygen atoms in total. The standard InChI is InChI=1S/C33H43ClN2O6S/c1-40-31(22-5-3-7-26(16-22)43(35,38)39)27-11-8-24(27)18-36-19-33(14-4-6-21-15-25(34)10-12-28(21)33)20-42-30-13-9-23(17-29(30)36)32(37)41-2/h9-10,12-13,15,17,22,24,26-27,31H,3-8,11,14,16,18-20H2,1-2H3,(H2,35,38,39)/t22-,24-,26?,27+,31+,33-/m0/s1. The fraction of sp³-hybridized carbons (Fsp3) is 0.606. The Balaban J connectivity index is 1.31. The molecule has 1 unspecified atom stereocenters. The number of aryl methyl sites for hydroxylation is 1. The molecule has 10 heteroatoms. The molecule has 2 aromatic carbocycles. The van der Waals surface area contributed by atoms with E-state index in [0.29, 0.717) is 36.8 Å². The van der Waals surface area contributed by atoms with Gasteiger partial charge in [0.15, 0.2) is 0 Å². The number of primary sulfonamides is 1. The molecule has 234 valence electrons. The monoisotopic (exact) mass is 630 g/mol. The zero-order valence-electron chi connectivity index (χ0n) is 25.1. The minimum Gasteiger partial charge on any atom is -0.490 e. The summed E-state index contributed by atoms with van der Waals surface area (Å²) < 4.78 is 42.2. The number of anilines is 1. The third-order valence-electron chi connectivity index (χ3n) is 10.7. The summed E-state index contributed by atoms with van der Waals surface area (Å²) in [5, 5.41) is 5.84. The summed E-state index contributed by atoms with van der Waals surface area (Å²) >= 11 is 6.41. The lowest BCUT2D eigenvalue weighted by atomic mass is 9.65. The van der Waals surface area contributed by atoms with Crippen LogP contribution in [-0.4, -0.2) is 59.7 Å². The number of nitrogens with zero attached hydrogens (tertiary/aromatic N) is 1. The predicted octanol–water partition coefficient (Wildman–Crippen LogP) is 5.49. The number of carbonyl (C=O) groups excluding carboxylic acids is 1. The molecule has 0 amide bonds. The van der Waals surface area contributed by atoms with Crippen LogP contribution in [0.5, 0.6) is 5.75 Å². The first kappa shape index (κ1) is 30.7. The summed E-state index contributed by atoms with van der Waals surface area (Å²) in [7, 11) is -0.408. The van der Waals surface area contributed by atoms with Gasteiger partial charge in [-0.3, -0.25) is 0 Å². The highest BCUT2D eigenvalue weighted by molar-refractivity contribution is 7.89. The van der Waals surface area contributed by atoms with E-state index < -0.39 is 15.3 Å². The Morgan fingerprint density at radius 2 is 1.98 bits per heavy atom. The summed E-state index contributed by atoms with van der Waals surface area (Å²) in [6.07, 6.45) is 8.15. The number of nitrogens with two attached hydrogens (primary N) is 1. The normalized spacial score (nSPS) is 29.4. The number of halogens is 1. The summed E-state index contributed by atoms with van der Waals surface area (Å²) in [4.78, 5) is 15.0. The van der Waals surface area contributed by atoms with E-state index in [1.807, 2.05) is 18.2 Å². The molecule has 6 atom stereocenters. The van der Waals surface area contributed by atoms with Crippen LogP contribution in [0.25, 0.3) is 0 Å². The topological polar surface area (TPSA) is 108 Å². The molecule has 2 fully saturated rings. The van der Waals surface area contributed by atoms with Crippen molar-refractivity contribution in [2.45, 2.75) is 74.6 Å². The molecule has 0 saturated heterocycles. The number of hydrogen-bond acceptors (Lipinski definition) is 7. The van der Waals surface area contributed by atoms with Gasteiger partial charge >= 0.3 is 5.97 Å². The number of fused-ring (bicyclic) bond motifs is 3. The van der Waals surface area contributed by atoms with Crippen molar-refractivity contribution in [2.75, 3.05) is 38.8 Å². The van der Waals surface area contributed by atoms with Gasteiger partial charge in [-0.25, -0.2) is 18.4 Å². The summed E-state index contributed by atoms with van der Waals surface area (Å²) in [6, 6.07) is 11.8. The van der Waals surface area contributed by atoms with Gasteiger partial charge in [-0.1, -0.05) is 24.1 Å². The summed E-state index contributed by atoms with van der Waals surface area (Å²) in [5.74, 6) is 1.24. The SMILES string of the molecule is COC(=O)c1ccc2c(c1)N(C[C@@H]1CC[C@H]1[C@H](OC)[C@H]1CCCC(S(N)(=O)=O)C1)C[C@@]1(CCCc3cc(Cl)ccc31)CO2. The van der Waals surface area contributed by atoms with Crippen LogP contribution in [0, 0.1) is 17.8 Å². The molecule has 4 aliphatic rings. The van der Waals surface area contributed by atoms with Gasteiger partial charge in [0.25, 0.3) is 0 Å². The van der Waals surface area contributed by atoms with Crippen molar-refractivity contribution in [3.05, 3.63) is 58.1 Å². The second kappa shape index (κ2) is 12.2. The van der Waals surface area contributed by atoms with Gasteiger partial charge in [-0.2, -0.15) is 0 Å². The average molecular weight is 631 g/mol. The van der Waals surface area contributed by atoms with Crippen molar-refractivity contribution < 1.29 is 27.4 Å². The molecule has 6 rings (SSSR count). The van der Waals surface area contributed by atoms with Crippen molar-refractivity contribution in [3.63, 3.8) is 0 Å². The van der Waals surface area contributed by atoms with Crippen molar-refractivity contribution in [1.82, 2.24) is 0 Å². The predicted molar refractivity (Wildman–Crippen MR) is 167 cm³/mol. The third-order valence-corrected chi connectivity index (χ3v) is 12.3.